The van der Waals surface area contributed by atoms with Crippen LogP contribution in [0.3, 0.4) is 0 Å². The molecule has 2 rings (SSSR count). The summed E-state index contributed by atoms with van der Waals surface area (Å²) in [7, 11) is -3.74. The van der Waals surface area contributed by atoms with Crippen LogP contribution in [0.1, 0.15) is 44.9 Å². The third-order valence-corrected chi connectivity index (χ3v) is 5.78. The van der Waals surface area contributed by atoms with Crippen molar-refractivity contribution in [3.05, 3.63) is 59.7 Å². The summed E-state index contributed by atoms with van der Waals surface area (Å²) in [5, 5.41) is 9.99. The number of carbonyl (C=O) groups excluding carboxylic acids is 1. The van der Waals surface area contributed by atoms with E-state index in [0.29, 0.717) is 11.6 Å². The summed E-state index contributed by atoms with van der Waals surface area (Å²) in [4.78, 5) is 12.6. The normalized spacial score (nSPS) is 13.9. The van der Waals surface area contributed by atoms with Crippen molar-refractivity contribution in [2.24, 2.45) is 11.1 Å². The lowest BCUT2D eigenvalue weighted by atomic mass is 9.94. The van der Waals surface area contributed by atoms with Crippen LogP contribution in [0.25, 0.3) is 0 Å². The van der Waals surface area contributed by atoms with Gasteiger partial charge >= 0.3 is 0 Å². The first-order chi connectivity index (χ1) is 13.1. The Balaban J connectivity index is 2.06. The minimum absolute atomic E-state index is 0.0144. The van der Waals surface area contributed by atoms with E-state index < -0.39 is 10.0 Å². The van der Waals surface area contributed by atoms with Crippen LogP contribution >= 0.6 is 0 Å². The number of nitrogens with one attached hydrogen (secondary N) is 1. The molecular weight excluding hydrogens is 374 g/mol. The highest BCUT2D eigenvalue weighted by Gasteiger charge is 2.26. The van der Waals surface area contributed by atoms with Crippen molar-refractivity contribution < 1.29 is 18.5 Å². The summed E-state index contributed by atoms with van der Waals surface area (Å²) in [6.07, 6.45) is 0.999. The number of anilines is 1. The summed E-state index contributed by atoms with van der Waals surface area (Å²) in [5.41, 5.74) is 3.02. The second-order valence-electron chi connectivity index (χ2n) is 7.40. The van der Waals surface area contributed by atoms with E-state index in [1.54, 1.807) is 0 Å². The highest BCUT2D eigenvalue weighted by Crippen LogP contribution is 2.19. The standard InChI is InChI=1S/C21H29N3O3S/c1-5-16-6-8-17(9-7-16)20(14(2)3)23-15(4)21(25)24-18-10-12-19(13-11-18)28(22,26)27/h6-15,20,23H,5H2,1-4H3,(H,24,25)(H2,22,26,27)/p+1/t15-,20-/m0/s1. The summed E-state index contributed by atoms with van der Waals surface area (Å²) >= 11 is 0. The van der Waals surface area contributed by atoms with Gasteiger partial charge in [-0.2, -0.15) is 0 Å². The summed E-state index contributed by atoms with van der Waals surface area (Å²) in [6.45, 7) is 8.28. The fourth-order valence-corrected chi connectivity index (χ4v) is 3.59. The molecule has 152 valence electrons. The fraction of sp³-hybridized carbons (Fsp3) is 0.381. The van der Waals surface area contributed by atoms with Crippen LogP contribution in [0.2, 0.25) is 0 Å². The van der Waals surface area contributed by atoms with Gasteiger partial charge in [-0.1, -0.05) is 45.0 Å². The van der Waals surface area contributed by atoms with Crippen molar-refractivity contribution >= 4 is 21.6 Å². The molecule has 0 spiro atoms. The van der Waals surface area contributed by atoms with E-state index in [2.05, 4.69) is 55.7 Å². The van der Waals surface area contributed by atoms with Gasteiger partial charge in [0.05, 0.1) is 4.90 Å². The summed E-state index contributed by atoms with van der Waals surface area (Å²) < 4.78 is 22.6. The first kappa shape index (κ1) is 22.1. The molecule has 0 fully saturated rings. The first-order valence-corrected chi connectivity index (χ1v) is 11.0. The van der Waals surface area contributed by atoms with Crippen molar-refractivity contribution in [2.45, 2.75) is 51.1 Å². The van der Waals surface area contributed by atoms with E-state index in [0.717, 1.165) is 6.42 Å². The third kappa shape index (κ3) is 5.89. The molecule has 0 aliphatic carbocycles. The van der Waals surface area contributed by atoms with Gasteiger partial charge in [0.1, 0.15) is 6.04 Å². The molecule has 6 nitrogen and oxygen atoms in total. The van der Waals surface area contributed by atoms with Gasteiger partial charge in [0.15, 0.2) is 6.04 Å². The summed E-state index contributed by atoms with van der Waals surface area (Å²) in [5.74, 6) is 0.218. The minimum atomic E-state index is -3.74. The number of hydrogen-bond acceptors (Lipinski definition) is 3. The van der Waals surface area contributed by atoms with Crippen LogP contribution in [-0.4, -0.2) is 20.4 Å². The Labute approximate surface area is 167 Å². The lowest BCUT2D eigenvalue weighted by Crippen LogP contribution is -2.93. The molecule has 2 aromatic carbocycles. The van der Waals surface area contributed by atoms with E-state index in [9.17, 15) is 13.2 Å². The van der Waals surface area contributed by atoms with Crippen LogP contribution in [-0.2, 0) is 21.2 Å². The first-order valence-electron chi connectivity index (χ1n) is 9.49. The number of sulfonamides is 1. The van der Waals surface area contributed by atoms with Crippen molar-refractivity contribution in [3.63, 3.8) is 0 Å². The van der Waals surface area contributed by atoms with Gasteiger partial charge in [-0.05, 0) is 43.2 Å². The smallest absolute Gasteiger partial charge is 0.282 e. The van der Waals surface area contributed by atoms with Crippen LogP contribution in [0.15, 0.2) is 53.4 Å². The highest BCUT2D eigenvalue weighted by molar-refractivity contribution is 7.89. The Morgan fingerprint density at radius 3 is 2.07 bits per heavy atom. The number of primary sulfonamides is 1. The molecule has 0 saturated carbocycles. The Hall–Kier alpha value is -2.22. The zero-order valence-electron chi connectivity index (χ0n) is 16.8. The third-order valence-electron chi connectivity index (χ3n) is 4.85. The van der Waals surface area contributed by atoms with Gasteiger partial charge in [-0.15, -0.1) is 0 Å². The molecule has 0 bridgehead atoms. The van der Waals surface area contributed by atoms with Crippen molar-refractivity contribution in [1.82, 2.24) is 0 Å². The SMILES string of the molecule is CCc1ccc([C@@H]([NH2+][C@@H](C)C(=O)Nc2ccc(S(N)(=O)=O)cc2)C(C)C)cc1. The zero-order chi connectivity index (χ0) is 20.9. The fourth-order valence-electron chi connectivity index (χ4n) is 3.08. The summed E-state index contributed by atoms with van der Waals surface area (Å²) in [6, 6.07) is 14.2. The quantitative estimate of drug-likeness (QED) is 0.628. The largest absolute Gasteiger partial charge is 0.330 e. The molecule has 28 heavy (non-hydrogen) atoms. The molecule has 0 radical (unpaired) electrons. The molecule has 0 aliphatic heterocycles. The number of benzene rings is 2. The lowest BCUT2D eigenvalue weighted by molar-refractivity contribution is -0.718. The molecule has 5 N–H and O–H groups in total. The van der Waals surface area contributed by atoms with Gasteiger partial charge in [0, 0.05) is 17.2 Å². The topological polar surface area (TPSA) is 106 Å². The van der Waals surface area contributed by atoms with E-state index in [-0.39, 0.29) is 22.9 Å². The molecular formula is C21H30N3O3S+. The zero-order valence-corrected chi connectivity index (χ0v) is 17.7. The molecule has 2 aromatic rings. The van der Waals surface area contributed by atoms with E-state index in [4.69, 9.17) is 5.14 Å². The number of hydrogen-bond donors (Lipinski definition) is 3. The maximum atomic E-state index is 12.6. The molecule has 0 heterocycles. The molecule has 7 heteroatoms. The Kier molecular flexibility index (Phi) is 7.35. The molecule has 1 amide bonds. The average molecular weight is 405 g/mol. The van der Waals surface area contributed by atoms with Crippen LogP contribution in [0.4, 0.5) is 5.69 Å². The van der Waals surface area contributed by atoms with Gasteiger partial charge < -0.3 is 10.6 Å². The van der Waals surface area contributed by atoms with Gasteiger partial charge in [-0.25, -0.2) is 13.6 Å². The number of quaternary nitrogens is 1. The van der Waals surface area contributed by atoms with Crippen molar-refractivity contribution in [3.8, 4) is 0 Å². The van der Waals surface area contributed by atoms with Crippen LogP contribution in [0.5, 0.6) is 0 Å². The highest BCUT2D eigenvalue weighted by atomic mass is 32.2. The Morgan fingerprint density at radius 2 is 1.61 bits per heavy atom. The van der Waals surface area contributed by atoms with Crippen LogP contribution < -0.4 is 15.8 Å². The van der Waals surface area contributed by atoms with Crippen molar-refractivity contribution in [2.75, 3.05) is 5.32 Å². The Bertz CT molecular complexity index is 891. The average Bonchev–Trinajstić information content (AvgIpc) is 2.65. The van der Waals surface area contributed by atoms with E-state index in [1.165, 1.54) is 35.4 Å². The Morgan fingerprint density at radius 1 is 1.04 bits per heavy atom. The predicted molar refractivity (Wildman–Crippen MR) is 111 cm³/mol. The maximum Gasteiger partial charge on any atom is 0.282 e. The van der Waals surface area contributed by atoms with Crippen molar-refractivity contribution in [1.29, 1.82) is 0 Å². The monoisotopic (exact) mass is 404 g/mol. The molecule has 2 atom stereocenters. The van der Waals surface area contributed by atoms with Crippen LogP contribution in [0, 0.1) is 5.92 Å². The predicted octanol–water partition coefficient (Wildman–Crippen LogP) is 2.18. The molecule has 0 unspecified atom stereocenters. The molecule has 0 aromatic heterocycles. The molecule has 0 aliphatic rings. The van der Waals surface area contributed by atoms with E-state index in [1.807, 2.05) is 6.92 Å². The van der Waals surface area contributed by atoms with E-state index >= 15 is 0 Å². The minimum Gasteiger partial charge on any atom is -0.330 e. The number of nitrogens with two attached hydrogens (primary N) is 2. The number of rotatable bonds is 8. The maximum absolute atomic E-state index is 12.6. The molecule has 0 saturated heterocycles. The van der Waals surface area contributed by atoms with Gasteiger partial charge in [0.2, 0.25) is 10.0 Å². The van der Waals surface area contributed by atoms with Gasteiger partial charge in [-0.3, -0.25) is 4.79 Å². The number of carbonyl (C=O) groups is 1. The second kappa shape index (κ2) is 9.32. The second-order valence-corrected chi connectivity index (χ2v) is 8.97. The van der Waals surface area contributed by atoms with Gasteiger partial charge in [0.25, 0.3) is 5.91 Å². The number of aryl methyl sites for hydroxylation is 1. The number of amides is 1. The lowest BCUT2D eigenvalue weighted by Gasteiger charge is -2.23.